The minimum atomic E-state index is -0.459. The average Bonchev–Trinajstić information content (AvgIpc) is 3.10. The highest BCUT2D eigenvalue weighted by Crippen LogP contribution is 2.32. The molecule has 0 aromatic carbocycles. The molecule has 21 heavy (non-hydrogen) atoms. The lowest BCUT2D eigenvalue weighted by Gasteiger charge is -2.23. The molecule has 1 unspecified atom stereocenters. The molecule has 1 amide bonds. The fourth-order valence-electron chi connectivity index (χ4n) is 2.22. The Kier molecular flexibility index (Phi) is 4.88. The van der Waals surface area contributed by atoms with Crippen molar-refractivity contribution in [3.63, 3.8) is 0 Å². The number of ether oxygens (including phenoxy) is 1. The van der Waals surface area contributed by atoms with E-state index in [2.05, 4.69) is 20.6 Å². The lowest BCUT2D eigenvalue weighted by Crippen LogP contribution is -2.45. The number of rotatable bonds is 6. The molecule has 1 atom stereocenters. The van der Waals surface area contributed by atoms with E-state index >= 15 is 0 Å². The van der Waals surface area contributed by atoms with E-state index in [0.717, 1.165) is 24.6 Å². The van der Waals surface area contributed by atoms with Gasteiger partial charge in [-0.05, 0) is 46.5 Å². The number of nitrogens with zero attached hydrogens (tertiary/aromatic N) is 1. The smallest absolute Gasteiger partial charge is 0.407 e. The van der Waals surface area contributed by atoms with Crippen molar-refractivity contribution in [2.24, 2.45) is 5.92 Å². The third-order valence-corrected chi connectivity index (χ3v) is 3.33. The minimum Gasteiger partial charge on any atom is -0.444 e. The molecule has 1 aliphatic rings. The van der Waals surface area contributed by atoms with Gasteiger partial charge in [0.25, 0.3) is 0 Å². The number of carbonyl (C=O) groups excluding carboxylic acids is 1. The second-order valence-corrected chi connectivity index (χ2v) is 6.71. The summed E-state index contributed by atoms with van der Waals surface area (Å²) >= 11 is 0. The van der Waals surface area contributed by atoms with Gasteiger partial charge in [0.15, 0.2) is 0 Å². The summed E-state index contributed by atoms with van der Waals surface area (Å²) in [6.45, 7) is 9.01. The molecule has 1 aliphatic carbocycles. The Hall–Kier alpha value is -1.56. The summed E-state index contributed by atoms with van der Waals surface area (Å²) in [6.07, 6.45) is 3.84. The fourth-order valence-corrected chi connectivity index (χ4v) is 2.22. The van der Waals surface area contributed by atoms with E-state index in [1.807, 2.05) is 33.9 Å². The second kappa shape index (κ2) is 6.47. The first-order valence-electron chi connectivity index (χ1n) is 7.54. The standard InChI is InChI=1S/C15H26N4O2/c1-10-17-8-12(18-10)7-16-9-13(11-5-6-11)19-14(20)21-15(2,3)4/h8,11,13,16H,5-7,9H2,1-4H3,(H,17,18)(H,19,20). The molecule has 0 saturated heterocycles. The first-order chi connectivity index (χ1) is 9.83. The van der Waals surface area contributed by atoms with E-state index in [1.165, 1.54) is 12.8 Å². The Morgan fingerprint density at radius 3 is 2.76 bits per heavy atom. The Balaban J connectivity index is 1.76. The molecule has 0 radical (unpaired) electrons. The molecule has 1 aromatic heterocycles. The summed E-state index contributed by atoms with van der Waals surface area (Å²) in [7, 11) is 0. The maximum atomic E-state index is 11.9. The van der Waals surface area contributed by atoms with Gasteiger partial charge in [-0.3, -0.25) is 0 Å². The molecule has 6 heteroatoms. The molecule has 6 nitrogen and oxygen atoms in total. The SMILES string of the molecule is Cc1ncc(CNCC(NC(=O)OC(C)(C)C)C2CC2)[nH]1. The molecule has 0 aliphatic heterocycles. The summed E-state index contributed by atoms with van der Waals surface area (Å²) < 4.78 is 5.32. The number of alkyl carbamates (subject to hydrolysis) is 1. The highest BCUT2D eigenvalue weighted by molar-refractivity contribution is 5.68. The van der Waals surface area contributed by atoms with E-state index in [1.54, 1.807) is 0 Å². The molecular formula is C15H26N4O2. The van der Waals surface area contributed by atoms with Gasteiger partial charge in [0, 0.05) is 31.0 Å². The Morgan fingerprint density at radius 2 is 2.24 bits per heavy atom. The van der Waals surface area contributed by atoms with Crippen LogP contribution in [-0.4, -0.2) is 34.2 Å². The van der Waals surface area contributed by atoms with Crippen molar-refractivity contribution < 1.29 is 9.53 Å². The zero-order chi connectivity index (χ0) is 15.5. The predicted molar refractivity (Wildman–Crippen MR) is 80.9 cm³/mol. The van der Waals surface area contributed by atoms with E-state index in [0.29, 0.717) is 5.92 Å². The van der Waals surface area contributed by atoms with Crippen LogP contribution in [0.25, 0.3) is 0 Å². The first-order valence-corrected chi connectivity index (χ1v) is 7.54. The predicted octanol–water partition coefficient (Wildman–Crippen LogP) is 2.11. The molecular weight excluding hydrogens is 268 g/mol. The van der Waals surface area contributed by atoms with Crippen molar-refractivity contribution in [3.05, 3.63) is 17.7 Å². The topological polar surface area (TPSA) is 79.0 Å². The van der Waals surface area contributed by atoms with Crippen LogP contribution in [0.4, 0.5) is 4.79 Å². The summed E-state index contributed by atoms with van der Waals surface area (Å²) in [5.41, 5.74) is 0.596. The Bertz CT molecular complexity index is 474. The number of amides is 1. The zero-order valence-electron chi connectivity index (χ0n) is 13.3. The van der Waals surface area contributed by atoms with Gasteiger partial charge in [-0.15, -0.1) is 0 Å². The van der Waals surface area contributed by atoms with Gasteiger partial charge < -0.3 is 20.4 Å². The number of aryl methyl sites for hydroxylation is 1. The molecule has 0 bridgehead atoms. The monoisotopic (exact) mass is 294 g/mol. The molecule has 1 fully saturated rings. The summed E-state index contributed by atoms with van der Waals surface area (Å²) in [5.74, 6) is 1.48. The summed E-state index contributed by atoms with van der Waals surface area (Å²) in [4.78, 5) is 19.2. The van der Waals surface area contributed by atoms with E-state index in [-0.39, 0.29) is 12.1 Å². The fraction of sp³-hybridized carbons (Fsp3) is 0.733. The highest BCUT2D eigenvalue weighted by Gasteiger charge is 2.33. The molecule has 118 valence electrons. The van der Waals surface area contributed by atoms with Crippen molar-refractivity contribution in [2.75, 3.05) is 6.54 Å². The van der Waals surface area contributed by atoms with Gasteiger partial charge in [-0.1, -0.05) is 0 Å². The third kappa shape index (κ3) is 5.75. The van der Waals surface area contributed by atoms with Crippen LogP contribution in [0.3, 0.4) is 0 Å². The van der Waals surface area contributed by atoms with Gasteiger partial charge in [-0.2, -0.15) is 0 Å². The normalized spacial score (nSPS) is 16.6. The zero-order valence-corrected chi connectivity index (χ0v) is 13.3. The van der Waals surface area contributed by atoms with Crippen molar-refractivity contribution in [1.82, 2.24) is 20.6 Å². The second-order valence-electron chi connectivity index (χ2n) is 6.71. The summed E-state index contributed by atoms with van der Waals surface area (Å²) in [5, 5.41) is 6.34. The quantitative estimate of drug-likeness (QED) is 0.751. The lowest BCUT2D eigenvalue weighted by atomic mass is 10.2. The molecule has 3 N–H and O–H groups in total. The number of nitrogens with one attached hydrogen (secondary N) is 3. The van der Waals surface area contributed by atoms with Crippen LogP contribution in [0.5, 0.6) is 0 Å². The van der Waals surface area contributed by atoms with Crippen molar-refractivity contribution in [2.45, 2.75) is 58.7 Å². The number of imidazole rings is 1. The van der Waals surface area contributed by atoms with Crippen LogP contribution in [0.1, 0.15) is 45.1 Å². The molecule has 1 aromatic rings. The van der Waals surface area contributed by atoms with Crippen LogP contribution in [0.15, 0.2) is 6.20 Å². The third-order valence-electron chi connectivity index (χ3n) is 3.33. The van der Waals surface area contributed by atoms with Crippen LogP contribution in [-0.2, 0) is 11.3 Å². The number of aromatic nitrogens is 2. The first kappa shape index (κ1) is 15.8. The Morgan fingerprint density at radius 1 is 1.52 bits per heavy atom. The largest absolute Gasteiger partial charge is 0.444 e. The van der Waals surface area contributed by atoms with E-state index < -0.39 is 5.60 Å². The number of aromatic amines is 1. The average molecular weight is 294 g/mol. The highest BCUT2D eigenvalue weighted by atomic mass is 16.6. The van der Waals surface area contributed by atoms with Gasteiger partial charge >= 0.3 is 6.09 Å². The van der Waals surface area contributed by atoms with Gasteiger partial charge in [-0.25, -0.2) is 9.78 Å². The number of hydrogen-bond donors (Lipinski definition) is 3. The Labute approximate surface area is 126 Å². The van der Waals surface area contributed by atoms with Crippen LogP contribution < -0.4 is 10.6 Å². The van der Waals surface area contributed by atoms with Crippen LogP contribution in [0.2, 0.25) is 0 Å². The van der Waals surface area contributed by atoms with Crippen LogP contribution >= 0.6 is 0 Å². The maximum Gasteiger partial charge on any atom is 0.407 e. The van der Waals surface area contributed by atoms with Gasteiger partial charge in [0.1, 0.15) is 11.4 Å². The van der Waals surface area contributed by atoms with Crippen molar-refractivity contribution in [3.8, 4) is 0 Å². The number of hydrogen-bond acceptors (Lipinski definition) is 4. The molecule has 0 spiro atoms. The van der Waals surface area contributed by atoms with Gasteiger partial charge in [0.05, 0.1) is 0 Å². The number of carbonyl (C=O) groups is 1. The van der Waals surface area contributed by atoms with Crippen molar-refractivity contribution >= 4 is 6.09 Å². The number of H-pyrrole nitrogens is 1. The van der Waals surface area contributed by atoms with Gasteiger partial charge in [0.2, 0.25) is 0 Å². The maximum absolute atomic E-state index is 11.9. The lowest BCUT2D eigenvalue weighted by molar-refractivity contribution is 0.0497. The molecule has 1 saturated carbocycles. The molecule has 2 rings (SSSR count). The molecule has 1 heterocycles. The van der Waals surface area contributed by atoms with Crippen LogP contribution in [0, 0.1) is 12.8 Å². The summed E-state index contributed by atoms with van der Waals surface area (Å²) in [6, 6.07) is 0.129. The van der Waals surface area contributed by atoms with E-state index in [9.17, 15) is 4.79 Å². The van der Waals surface area contributed by atoms with Crippen molar-refractivity contribution in [1.29, 1.82) is 0 Å². The minimum absolute atomic E-state index is 0.129. The van der Waals surface area contributed by atoms with E-state index in [4.69, 9.17) is 4.74 Å².